The smallest absolute Gasteiger partial charge is 0.294 e. The van der Waals surface area contributed by atoms with E-state index in [1.807, 2.05) is 0 Å². The van der Waals surface area contributed by atoms with Crippen LogP contribution in [0.5, 0.6) is 0 Å². The molecule has 5 rings (SSSR count). The SMILES string of the molecule is [C-]#[N+]C1=C(C)N(c2cccc(C(F)(F)F)c2)c2nc(NC(=O)C3CCCC3)nn2[C@@H]1c1ccc(C#N)cc1. The molecule has 11 heteroatoms. The number of hydrogen-bond donors (Lipinski definition) is 1. The topological polar surface area (TPSA) is 91.2 Å². The lowest BCUT2D eigenvalue weighted by molar-refractivity contribution is -0.137. The van der Waals surface area contributed by atoms with Crippen LogP contribution in [0.3, 0.4) is 0 Å². The summed E-state index contributed by atoms with van der Waals surface area (Å²) in [4.78, 5) is 22.5. The number of fused-ring (bicyclic) bond motifs is 1. The number of allylic oxidation sites excluding steroid dienone is 2. The van der Waals surface area contributed by atoms with Crippen LogP contribution in [-0.2, 0) is 11.0 Å². The van der Waals surface area contributed by atoms with E-state index in [4.69, 9.17) is 6.57 Å². The van der Waals surface area contributed by atoms with Gasteiger partial charge < -0.3 is 0 Å². The van der Waals surface area contributed by atoms with Gasteiger partial charge >= 0.3 is 6.18 Å². The molecule has 8 nitrogen and oxygen atoms in total. The fourth-order valence-electron chi connectivity index (χ4n) is 4.98. The maximum Gasteiger partial charge on any atom is 0.416 e. The highest BCUT2D eigenvalue weighted by Gasteiger charge is 2.38. The number of alkyl halides is 3. The Bertz CT molecular complexity index is 1500. The molecule has 2 heterocycles. The Morgan fingerprint density at radius 1 is 1.18 bits per heavy atom. The summed E-state index contributed by atoms with van der Waals surface area (Å²) in [5.74, 6) is -0.194. The largest absolute Gasteiger partial charge is 0.416 e. The highest BCUT2D eigenvalue weighted by molar-refractivity contribution is 5.91. The van der Waals surface area contributed by atoms with E-state index in [0.29, 0.717) is 16.8 Å². The first kappa shape index (κ1) is 25.0. The van der Waals surface area contributed by atoms with Gasteiger partial charge in [-0.2, -0.15) is 23.4 Å². The summed E-state index contributed by atoms with van der Waals surface area (Å²) in [5, 5.41) is 16.5. The first-order valence-corrected chi connectivity index (χ1v) is 12.0. The Labute approximate surface area is 216 Å². The number of amides is 1. The Balaban J connectivity index is 1.65. The lowest BCUT2D eigenvalue weighted by Crippen LogP contribution is -2.30. The minimum absolute atomic E-state index is 0.00607. The number of halogens is 3. The van der Waals surface area contributed by atoms with Crippen LogP contribution in [0.15, 0.2) is 59.9 Å². The fraction of sp³-hybridized carbons (Fsp3) is 0.296. The molecule has 1 aliphatic heterocycles. The molecule has 1 N–H and O–H groups in total. The average molecular weight is 518 g/mol. The third-order valence-electron chi connectivity index (χ3n) is 6.89. The zero-order valence-electron chi connectivity index (χ0n) is 20.3. The summed E-state index contributed by atoms with van der Waals surface area (Å²) in [5.41, 5.74) is 0.975. The molecule has 0 unspecified atom stereocenters. The zero-order chi connectivity index (χ0) is 27.0. The van der Waals surface area contributed by atoms with Gasteiger partial charge in [-0.05, 0) is 55.7 Å². The van der Waals surface area contributed by atoms with Gasteiger partial charge in [0.1, 0.15) is 6.04 Å². The van der Waals surface area contributed by atoms with Crippen molar-refractivity contribution in [1.82, 2.24) is 14.8 Å². The van der Waals surface area contributed by atoms with E-state index in [9.17, 15) is 23.2 Å². The van der Waals surface area contributed by atoms with Crippen LogP contribution < -0.4 is 10.2 Å². The van der Waals surface area contributed by atoms with Crippen molar-refractivity contribution in [3.8, 4) is 6.07 Å². The summed E-state index contributed by atoms with van der Waals surface area (Å²) in [6, 6.07) is 12.7. The highest BCUT2D eigenvalue weighted by atomic mass is 19.4. The van der Waals surface area contributed by atoms with Crippen molar-refractivity contribution < 1.29 is 18.0 Å². The number of hydrogen-bond acceptors (Lipinski definition) is 5. The number of nitriles is 1. The minimum atomic E-state index is -4.56. The van der Waals surface area contributed by atoms with Gasteiger partial charge in [0, 0.05) is 17.3 Å². The van der Waals surface area contributed by atoms with Crippen LogP contribution in [-0.4, -0.2) is 20.7 Å². The third kappa shape index (κ3) is 4.48. The molecule has 192 valence electrons. The number of aromatic nitrogens is 3. The molecule has 0 bridgehead atoms. The van der Waals surface area contributed by atoms with Gasteiger partial charge in [0.05, 0.1) is 23.8 Å². The summed E-state index contributed by atoms with van der Waals surface area (Å²) < 4.78 is 42.0. The van der Waals surface area contributed by atoms with Gasteiger partial charge in [-0.3, -0.25) is 15.0 Å². The van der Waals surface area contributed by atoms with Crippen molar-refractivity contribution in [3.63, 3.8) is 0 Å². The van der Waals surface area contributed by atoms with Crippen LogP contribution in [0.1, 0.15) is 55.3 Å². The molecule has 2 aliphatic rings. The molecule has 1 fully saturated rings. The first-order chi connectivity index (χ1) is 18.2. The van der Waals surface area contributed by atoms with Crippen LogP contribution >= 0.6 is 0 Å². The number of benzene rings is 2. The second kappa shape index (κ2) is 9.67. The number of carbonyl (C=O) groups excluding carboxylic acids is 1. The lowest BCUT2D eigenvalue weighted by atomic mass is 9.99. The number of nitrogens with one attached hydrogen (secondary N) is 1. The number of nitrogens with zero attached hydrogens (tertiary/aromatic N) is 6. The molecule has 0 radical (unpaired) electrons. The predicted molar refractivity (Wildman–Crippen MR) is 133 cm³/mol. The number of carbonyl (C=O) groups is 1. The molecule has 0 spiro atoms. The van der Waals surface area contributed by atoms with Crippen molar-refractivity contribution in [3.05, 3.63) is 88.0 Å². The lowest BCUT2D eigenvalue weighted by Gasteiger charge is -2.34. The van der Waals surface area contributed by atoms with Crippen molar-refractivity contribution >= 4 is 23.5 Å². The van der Waals surface area contributed by atoms with Gasteiger partial charge in [0.25, 0.3) is 5.95 Å². The van der Waals surface area contributed by atoms with E-state index in [-0.39, 0.29) is 35.1 Å². The highest BCUT2D eigenvalue weighted by Crippen LogP contribution is 2.44. The Morgan fingerprint density at radius 3 is 2.53 bits per heavy atom. The quantitative estimate of drug-likeness (QED) is 0.417. The summed E-state index contributed by atoms with van der Waals surface area (Å²) in [6.07, 6.45) is -1.09. The molecule has 38 heavy (non-hydrogen) atoms. The Morgan fingerprint density at radius 2 is 1.89 bits per heavy atom. The summed E-state index contributed by atoms with van der Waals surface area (Å²) >= 11 is 0. The van der Waals surface area contributed by atoms with Crippen molar-refractivity contribution in [2.24, 2.45) is 5.92 Å². The monoisotopic (exact) mass is 517 g/mol. The van der Waals surface area contributed by atoms with Gasteiger partial charge in [0.2, 0.25) is 17.6 Å². The fourth-order valence-corrected chi connectivity index (χ4v) is 4.98. The summed E-state index contributed by atoms with van der Waals surface area (Å²) in [6.45, 7) is 9.57. The molecule has 2 aromatic carbocycles. The van der Waals surface area contributed by atoms with Crippen molar-refractivity contribution in [2.45, 2.75) is 44.8 Å². The van der Waals surface area contributed by atoms with E-state index < -0.39 is 17.8 Å². The maximum absolute atomic E-state index is 13.5. The average Bonchev–Trinajstić information content (AvgIpc) is 3.58. The van der Waals surface area contributed by atoms with E-state index in [0.717, 1.165) is 37.8 Å². The van der Waals surface area contributed by atoms with Crippen molar-refractivity contribution in [1.29, 1.82) is 5.26 Å². The van der Waals surface area contributed by atoms with Gasteiger partial charge in [-0.1, -0.05) is 31.0 Å². The molecule has 1 amide bonds. The van der Waals surface area contributed by atoms with Gasteiger partial charge in [0.15, 0.2) is 0 Å². The maximum atomic E-state index is 13.5. The predicted octanol–water partition coefficient (Wildman–Crippen LogP) is 6.19. The standard InChI is InChI=1S/C27H22F3N7O/c1-16-22(32-2)23(18-12-10-17(15-31)11-13-18)37-26(34-25(35-37)33-24(38)19-6-3-4-7-19)36(16)21-9-5-8-20(14-21)27(28,29)30/h5,8-14,19,23H,3-4,6-7H2,1H3,(H,33,35,38)/t23-/m1/s1. The molecule has 1 saturated carbocycles. The van der Waals surface area contributed by atoms with Crippen LogP contribution in [0.25, 0.3) is 4.85 Å². The number of rotatable bonds is 4. The van der Waals surface area contributed by atoms with Crippen LogP contribution in [0.2, 0.25) is 0 Å². The molecule has 1 atom stereocenters. The molecular weight excluding hydrogens is 495 g/mol. The molecule has 0 saturated heterocycles. The van der Waals surface area contributed by atoms with Crippen LogP contribution in [0.4, 0.5) is 30.8 Å². The zero-order valence-corrected chi connectivity index (χ0v) is 20.3. The first-order valence-electron chi connectivity index (χ1n) is 12.0. The van der Waals surface area contributed by atoms with E-state index in [1.165, 1.54) is 21.7 Å². The normalized spacial score (nSPS) is 17.6. The van der Waals surface area contributed by atoms with E-state index in [2.05, 4.69) is 26.3 Å². The Hall–Kier alpha value is -4.64. The van der Waals surface area contributed by atoms with Crippen LogP contribution in [0, 0.1) is 23.8 Å². The van der Waals surface area contributed by atoms with E-state index >= 15 is 0 Å². The number of anilines is 3. The second-order valence-electron chi connectivity index (χ2n) is 9.25. The molecule has 1 aromatic heterocycles. The molecule has 3 aromatic rings. The van der Waals surface area contributed by atoms with E-state index in [1.54, 1.807) is 31.2 Å². The Kier molecular flexibility index (Phi) is 6.37. The summed E-state index contributed by atoms with van der Waals surface area (Å²) in [7, 11) is 0. The molecular formula is C27H22F3N7O. The van der Waals surface area contributed by atoms with Gasteiger partial charge in [-0.15, -0.1) is 5.10 Å². The third-order valence-corrected chi connectivity index (χ3v) is 6.89. The minimum Gasteiger partial charge on any atom is -0.294 e. The van der Waals surface area contributed by atoms with Gasteiger partial charge in [-0.25, -0.2) is 9.53 Å². The van der Waals surface area contributed by atoms with Crippen molar-refractivity contribution in [2.75, 3.05) is 10.2 Å². The molecule has 1 aliphatic carbocycles. The second-order valence-corrected chi connectivity index (χ2v) is 9.25.